The Balaban J connectivity index is 1.65. The van der Waals surface area contributed by atoms with E-state index in [1.165, 1.54) is 31.3 Å². The molecule has 0 radical (unpaired) electrons. The first kappa shape index (κ1) is 46.1. The van der Waals surface area contributed by atoms with E-state index in [-0.39, 0.29) is 37.7 Å². The number of hydrogen-bond acceptors (Lipinski definition) is 11. The highest BCUT2D eigenvalue weighted by atomic mass is 31.2. The zero-order valence-corrected chi connectivity index (χ0v) is 33.5. The molecule has 0 saturated carbocycles. The van der Waals surface area contributed by atoms with Crippen LogP contribution < -0.4 is 16.4 Å². The van der Waals surface area contributed by atoms with Crippen LogP contribution in [0.1, 0.15) is 83.9 Å². The van der Waals surface area contributed by atoms with Crippen LogP contribution in [-0.4, -0.2) is 104 Å². The minimum Gasteiger partial charge on any atom is -0.394 e. The molecule has 1 aromatic heterocycles. The number of benzene rings is 1. The smallest absolute Gasteiger partial charge is 0.394 e. The number of unbranched alkanes of at least 4 members (excludes halogenated alkanes) is 1. The molecule has 1 fully saturated rings. The standard InChI is InChI=1S/C38H57N6O11P/c1-24(2)17-31(42-38(51)33-14-10-15-44(33)26(4)46)34(47)19-28(18-29-21-40-23-41-29)37(50)43-32(22-45)35(48)20-30(36(39)49)25(3)55-56(52,53)54-16-9-8-13-27-11-6-5-7-12-27/h5-7,11-12,21,23-25,28,30-33,45H,8-10,13-20,22H2,1-4H3,(H2,39,49)(H,40,41)(H,42,51)(H,43,50)(H,52,53)/t25-,28-,30+,31+,32+,33+/m1/s1. The number of nitrogens with one attached hydrogen (secondary N) is 3. The zero-order valence-electron chi connectivity index (χ0n) is 32.6. The molecule has 1 aromatic carbocycles. The van der Waals surface area contributed by atoms with Crippen molar-refractivity contribution in [3.8, 4) is 0 Å². The number of carbonyl (C=O) groups excluding carboxylic acids is 6. The number of aromatic nitrogens is 2. The van der Waals surface area contributed by atoms with Crippen LogP contribution in [0.25, 0.3) is 0 Å². The number of phosphoric ester groups is 1. The third-order valence-corrected chi connectivity index (χ3v) is 10.8. The Morgan fingerprint density at radius 1 is 1.04 bits per heavy atom. The summed E-state index contributed by atoms with van der Waals surface area (Å²) in [7, 11) is -4.67. The number of likely N-dealkylation sites (tertiary alicyclic amines) is 1. The fourth-order valence-corrected chi connectivity index (χ4v) is 7.66. The molecule has 2 heterocycles. The van der Waals surface area contributed by atoms with Crippen molar-refractivity contribution in [3.05, 3.63) is 54.1 Å². The molecule has 17 nitrogen and oxygen atoms in total. The first-order chi connectivity index (χ1) is 26.5. The van der Waals surface area contributed by atoms with Gasteiger partial charge in [-0.3, -0.25) is 37.8 Å². The normalized spacial score (nSPS) is 18.0. The molecule has 310 valence electrons. The predicted octanol–water partition coefficient (Wildman–Crippen LogP) is 2.15. The minimum absolute atomic E-state index is 0.0141. The van der Waals surface area contributed by atoms with E-state index >= 15 is 0 Å². The van der Waals surface area contributed by atoms with Crippen LogP contribution in [0.4, 0.5) is 0 Å². The summed E-state index contributed by atoms with van der Waals surface area (Å²) in [6, 6.07) is 6.46. The third-order valence-electron chi connectivity index (χ3n) is 9.71. The number of aryl methyl sites for hydroxylation is 1. The Morgan fingerprint density at radius 2 is 1.73 bits per heavy atom. The maximum absolute atomic E-state index is 13.8. The number of nitrogens with zero attached hydrogens (tertiary/aromatic N) is 2. The van der Waals surface area contributed by atoms with Gasteiger partial charge in [0.05, 0.1) is 43.5 Å². The van der Waals surface area contributed by atoms with E-state index in [9.17, 15) is 43.3 Å². The molecule has 7 atom stereocenters. The number of aliphatic hydroxyl groups excluding tert-OH is 1. The largest absolute Gasteiger partial charge is 0.472 e. The summed E-state index contributed by atoms with van der Waals surface area (Å²) in [5.74, 6) is -6.30. The number of aromatic amines is 1. The van der Waals surface area contributed by atoms with Gasteiger partial charge in [0.1, 0.15) is 12.1 Å². The minimum atomic E-state index is -4.67. The molecule has 0 bridgehead atoms. The molecule has 4 amide bonds. The number of imidazole rings is 1. The van der Waals surface area contributed by atoms with E-state index < -0.39 is 86.2 Å². The summed E-state index contributed by atoms with van der Waals surface area (Å²) in [4.78, 5) is 97.4. The van der Waals surface area contributed by atoms with E-state index in [1.807, 2.05) is 44.2 Å². The van der Waals surface area contributed by atoms with Crippen LogP contribution in [0.3, 0.4) is 0 Å². The Labute approximate surface area is 327 Å². The van der Waals surface area contributed by atoms with Crippen molar-refractivity contribution in [3.63, 3.8) is 0 Å². The average Bonchev–Trinajstić information content (AvgIpc) is 3.85. The first-order valence-corrected chi connectivity index (χ1v) is 20.5. The lowest BCUT2D eigenvalue weighted by Gasteiger charge is -2.27. The van der Waals surface area contributed by atoms with Crippen LogP contribution in [0.15, 0.2) is 42.9 Å². The van der Waals surface area contributed by atoms with Gasteiger partial charge in [-0.05, 0) is 56.9 Å². The molecule has 1 aliphatic heterocycles. The monoisotopic (exact) mass is 804 g/mol. The van der Waals surface area contributed by atoms with Crippen LogP contribution in [0.2, 0.25) is 0 Å². The van der Waals surface area contributed by atoms with E-state index in [4.69, 9.17) is 14.8 Å². The van der Waals surface area contributed by atoms with Crippen molar-refractivity contribution in [2.24, 2.45) is 23.5 Å². The number of H-pyrrole nitrogens is 1. The Hall–Kier alpha value is -4.28. The second kappa shape index (κ2) is 22.5. The second-order valence-corrected chi connectivity index (χ2v) is 16.1. The van der Waals surface area contributed by atoms with Gasteiger partial charge < -0.3 is 36.3 Å². The van der Waals surface area contributed by atoms with Gasteiger partial charge >= 0.3 is 7.82 Å². The molecule has 56 heavy (non-hydrogen) atoms. The number of rotatable bonds is 25. The highest BCUT2D eigenvalue weighted by molar-refractivity contribution is 7.47. The maximum Gasteiger partial charge on any atom is 0.472 e. The number of amides is 4. The summed E-state index contributed by atoms with van der Waals surface area (Å²) >= 11 is 0. The Morgan fingerprint density at radius 3 is 2.34 bits per heavy atom. The predicted molar refractivity (Wildman–Crippen MR) is 204 cm³/mol. The summed E-state index contributed by atoms with van der Waals surface area (Å²) in [5.41, 5.74) is 7.16. The number of ketones is 2. The van der Waals surface area contributed by atoms with Crippen molar-refractivity contribution < 1.29 is 52.4 Å². The van der Waals surface area contributed by atoms with E-state index in [0.717, 1.165) is 12.0 Å². The van der Waals surface area contributed by atoms with Gasteiger partial charge in [0.2, 0.25) is 23.6 Å². The summed E-state index contributed by atoms with van der Waals surface area (Å²) in [6.45, 7) is 5.88. The molecule has 3 rings (SSSR count). The first-order valence-electron chi connectivity index (χ1n) is 19.0. The molecular formula is C38H57N6O11P. The Bertz CT molecular complexity index is 1660. The lowest BCUT2D eigenvalue weighted by Crippen LogP contribution is -2.52. The van der Waals surface area contributed by atoms with Gasteiger partial charge in [0.15, 0.2) is 11.6 Å². The zero-order chi connectivity index (χ0) is 41.4. The summed E-state index contributed by atoms with van der Waals surface area (Å²) in [6.07, 6.45) is 3.71. The fourth-order valence-electron chi connectivity index (χ4n) is 6.68. The number of carbonyl (C=O) groups is 6. The number of phosphoric acid groups is 1. The number of Topliss-reactive ketones (excluding diaryl/α,β-unsaturated/α-hetero) is 2. The fraction of sp³-hybridized carbons (Fsp3) is 0.605. The van der Waals surface area contributed by atoms with Gasteiger partial charge in [-0.2, -0.15) is 0 Å². The van der Waals surface area contributed by atoms with Crippen LogP contribution in [0.5, 0.6) is 0 Å². The topological polar surface area (TPSA) is 260 Å². The average molecular weight is 805 g/mol. The van der Waals surface area contributed by atoms with Gasteiger partial charge in [0.25, 0.3) is 0 Å². The van der Waals surface area contributed by atoms with E-state index in [0.29, 0.717) is 37.9 Å². The van der Waals surface area contributed by atoms with Crippen LogP contribution >= 0.6 is 7.82 Å². The molecule has 1 aliphatic rings. The van der Waals surface area contributed by atoms with E-state index in [1.54, 1.807) is 0 Å². The van der Waals surface area contributed by atoms with Gasteiger partial charge in [-0.25, -0.2) is 9.55 Å². The van der Waals surface area contributed by atoms with Crippen LogP contribution in [0, 0.1) is 17.8 Å². The molecule has 18 heteroatoms. The molecular weight excluding hydrogens is 747 g/mol. The molecule has 2 aromatic rings. The Kier molecular flexibility index (Phi) is 18.5. The maximum atomic E-state index is 13.8. The van der Waals surface area contributed by atoms with Crippen molar-refractivity contribution in [2.45, 2.75) is 110 Å². The van der Waals surface area contributed by atoms with Crippen molar-refractivity contribution >= 4 is 43.0 Å². The van der Waals surface area contributed by atoms with Gasteiger partial charge in [-0.15, -0.1) is 0 Å². The van der Waals surface area contributed by atoms with Gasteiger partial charge in [0, 0.05) is 44.6 Å². The summed E-state index contributed by atoms with van der Waals surface area (Å²) < 4.78 is 22.9. The molecule has 7 N–H and O–H groups in total. The quantitative estimate of drug-likeness (QED) is 0.0623. The van der Waals surface area contributed by atoms with Crippen molar-refractivity contribution in [2.75, 3.05) is 19.8 Å². The SMILES string of the molecule is CC(=O)N1CCC[C@H]1C(=O)N[C@@H](CC(C)C)C(=O)C[C@@H](Cc1cnc[nH]1)C(=O)N[C@@H](CO)C(=O)C[C@H](C(N)=O)[C@@H](C)OP(=O)(O)OCCCCc1ccccc1. The van der Waals surface area contributed by atoms with E-state index in [2.05, 4.69) is 20.6 Å². The lowest BCUT2D eigenvalue weighted by molar-refractivity contribution is -0.138. The highest BCUT2D eigenvalue weighted by Crippen LogP contribution is 2.46. The number of hydrogen-bond donors (Lipinski definition) is 6. The van der Waals surface area contributed by atoms with Crippen molar-refractivity contribution in [1.29, 1.82) is 0 Å². The number of aliphatic hydroxyl groups is 1. The molecule has 0 aliphatic carbocycles. The molecule has 1 unspecified atom stereocenters. The molecule has 0 spiro atoms. The second-order valence-electron chi connectivity index (χ2n) is 14.7. The van der Waals surface area contributed by atoms with Gasteiger partial charge in [-0.1, -0.05) is 44.2 Å². The number of primary amides is 1. The lowest BCUT2D eigenvalue weighted by atomic mass is 9.89. The summed E-state index contributed by atoms with van der Waals surface area (Å²) in [5, 5.41) is 15.4. The number of nitrogens with two attached hydrogens (primary N) is 1. The van der Waals surface area contributed by atoms with Crippen LogP contribution in [-0.2, 0) is 55.2 Å². The van der Waals surface area contributed by atoms with Crippen molar-refractivity contribution in [1.82, 2.24) is 25.5 Å². The highest BCUT2D eigenvalue weighted by Gasteiger charge is 2.38. The third kappa shape index (κ3) is 15.0. The molecule has 1 saturated heterocycles.